The number of nitrogens with two attached hydrogens (primary N) is 1. The summed E-state index contributed by atoms with van der Waals surface area (Å²) in [7, 11) is -7.69. The average molecular weight is 425 g/mol. The first-order chi connectivity index (χ1) is 12.9. The quantitative estimate of drug-likeness (QED) is 0.719. The lowest BCUT2D eigenvalue weighted by molar-refractivity contribution is 0.184. The van der Waals surface area contributed by atoms with Crippen LogP contribution in [0.15, 0.2) is 41.3 Å². The summed E-state index contributed by atoms with van der Waals surface area (Å²) in [5.41, 5.74) is 8.74. The number of nitrogens with zero attached hydrogens (tertiary/aromatic N) is 1. The van der Waals surface area contributed by atoms with E-state index in [1.54, 1.807) is 31.2 Å². The highest BCUT2D eigenvalue weighted by Gasteiger charge is 2.45. The molecule has 3 rings (SSSR count). The molecule has 0 unspecified atom stereocenters. The molecule has 1 heterocycles. The molecule has 2 atom stereocenters. The van der Waals surface area contributed by atoms with Crippen molar-refractivity contribution in [1.82, 2.24) is 0 Å². The van der Waals surface area contributed by atoms with E-state index in [9.17, 15) is 21.9 Å². The molecule has 28 heavy (non-hydrogen) atoms. The first-order valence-corrected chi connectivity index (χ1v) is 12.0. The molecule has 0 saturated carbocycles. The van der Waals surface area contributed by atoms with Gasteiger partial charge in [0.25, 0.3) is 10.0 Å². The van der Waals surface area contributed by atoms with Gasteiger partial charge in [-0.25, -0.2) is 16.8 Å². The van der Waals surface area contributed by atoms with Crippen LogP contribution in [0.2, 0.25) is 0 Å². The number of nitrogen functional groups attached to an aromatic ring is 1. The molecular weight excluding hydrogens is 400 g/mol. The number of benzene rings is 2. The second-order valence-electron chi connectivity index (χ2n) is 7.31. The minimum atomic E-state index is -4.14. The Balaban J connectivity index is 2.21. The molecule has 0 spiro atoms. The molecule has 1 saturated heterocycles. The number of anilines is 2. The van der Waals surface area contributed by atoms with E-state index >= 15 is 0 Å². The summed E-state index contributed by atoms with van der Waals surface area (Å²) < 4.78 is 52.4. The summed E-state index contributed by atoms with van der Waals surface area (Å²) in [6, 6.07) is 8.37. The Bertz CT molecular complexity index is 1110. The molecule has 1 aliphatic rings. The predicted octanol–water partition coefficient (Wildman–Crippen LogP) is 1.55. The number of sulfone groups is 1. The van der Waals surface area contributed by atoms with Crippen LogP contribution in [-0.2, 0) is 19.9 Å². The Kier molecular flexibility index (Phi) is 5.20. The number of aliphatic hydroxyl groups excluding tert-OH is 1. The largest absolute Gasteiger partial charge is 0.399 e. The second kappa shape index (κ2) is 7.06. The Labute approximate surface area is 165 Å². The van der Waals surface area contributed by atoms with Crippen LogP contribution < -0.4 is 10.0 Å². The van der Waals surface area contributed by atoms with Crippen molar-refractivity contribution in [2.24, 2.45) is 0 Å². The number of rotatable bonds is 4. The van der Waals surface area contributed by atoms with Crippen LogP contribution in [0.5, 0.6) is 0 Å². The van der Waals surface area contributed by atoms with Gasteiger partial charge >= 0.3 is 0 Å². The van der Waals surface area contributed by atoms with Gasteiger partial charge in [-0.05, 0) is 67.8 Å². The van der Waals surface area contributed by atoms with Crippen LogP contribution >= 0.6 is 0 Å². The van der Waals surface area contributed by atoms with Crippen molar-refractivity contribution < 1.29 is 21.9 Å². The zero-order valence-corrected chi connectivity index (χ0v) is 17.6. The first kappa shape index (κ1) is 20.6. The standard InChI is InChI=1S/C19H24N2O5S2/c1-12-8-14(3)19(9-13(12)2)28(25,26)21(16-6-4-15(20)5-7-16)17-10-27(23,24)11-18(17)22/h4-9,17-18,22H,10-11,20H2,1-3H3/t17-,18+/m1/s1. The fourth-order valence-electron chi connectivity index (χ4n) is 3.48. The minimum Gasteiger partial charge on any atom is -0.399 e. The van der Waals surface area contributed by atoms with Gasteiger partial charge in [-0.3, -0.25) is 4.31 Å². The maximum atomic E-state index is 13.6. The second-order valence-corrected chi connectivity index (χ2v) is 11.2. The van der Waals surface area contributed by atoms with Crippen molar-refractivity contribution in [3.05, 3.63) is 53.1 Å². The van der Waals surface area contributed by atoms with Crippen LogP contribution in [0.25, 0.3) is 0 Å². The van der Waals surface area contributed by atoms with E-state index in [1.165, 1.54) is 12.1 Å². The van der Waals surface area contributed by atoms with Gasteiger partial charge in [-0.1, -0.05) is 6.07 Å². The number of hydrogen-bond donors (Lipinski definition) is 2. The highest BCUT2D eigenvalue weighted by Crippen LogP contribution is 2.33. The summed E-state index contributed by atoms with van der Waals surface area (Å²) in [4.78, 5) is 0.0870. The van der Waals surface area contributed by atoms with Crippen molar-refractivity contribution in [2.45, 2.75) is 37.8 Å². The van der Waals surface area contributed by atoms with Gasteiger partial charge in [0.15, 0.2) is 9.84 Å². The van der Waals surface area contributed by atoms with E-state index in [1.807, 2.05) is 13.8 Å². The van der Waals surface area contributed by atoms with E-state index in [0.717, 1.165) is 15.4 Å². The molecule has 2 aromatic carbocycles. The normalized spacial score (nSPS) is 21.6. The highest BCUT2D eigenvalue weighted by molar-refractivity contribution is 7.93. The maximum Gasteiger partial charge on any atom is 0.264 e. The van der Waals surface area contributed by atoms with Gasteiger partial charge in [-0.15, -0.1) is 0 Å². The molecule has 0 aliphatic carbocycles. The smallest absolute Gasteiger partial charge is 0.264 e. The van der Waals surface area contributed by atoms with Crippen LogP contribution in [0, 0.1) is 20.8 Å². The molecule has 2 aromatic rings. The Morgan fingerprint density at radius 2 is 1.57 bits per heavy atom. The van der Waals surface area contributed by atoms with Gasteiger partial charge in [0, 0.05) is 5.69 Å². The molecule has 0 bridgehead atoms. The van der Waals surface area contributed by atoms with Crippen molar-refractivity contribution in [2.75, 3.05) is 21.5 Å². The summed E-state index contributed by atoms with van der Waals surface area (Å²) >= 11 is 0. The number of aryl methyl sites for hydroxylation is 3. The zero-order chi connectivity index (χ0) is 20.9. The lowest BCUT2D eigenvalue weighted by atomic mass is 10.1. The summed E-state index contributed by atoms with van der Waals surface area (Å²) in [5, 5.41) is 10.4. The van der Waals surface area contributed by atoms with Gasteiger partial charge < -0.3 is 10.8 Å². The molecule has 0 radical (unpaired) electrons. The highest BCUT2D eigenvalue weighted by atomic mass is 32.2. The van der Waals surface area contributed by atoms with Crippen molar-refractivity contribution >= 4 is 31.2 Å². The van der Waals surface area contributed by atoms with Gasteiger partial charge in [0.2, 0.25) is 0 Å². The third kappa shape index (κ3) is 3.74. The third-order valence-corrected chi connectivity index (χ3v) is 8.76. The van der Waals surface area contributed by atoms with Crippen LogP contribution in [0.3, 0.4) is 0 Å². The Hall–Kier alpha value is -2.10. The van der Waals surface area contributed by atoms with Gasteiger partial charge in [-0.2, -0.15) is 0 Å². The van der Waals surface area contributed by atoms with Crippen molar-refractivity contribution in [1.29, 1.82) is 0 Å². The van der Waals surface area contributed by atoms with Crippen LogP contribution in [-0.4, -0.2) is 45.6 Å². The Morgan fingerprint density at radius 3 is 2.11 bits per heavy atom. The molecule has 0 aromatic heterocycles. The van der Waals surface area contributed by atoms with Crippen molar-refractivity contribution in [3.63, 3.8) is 0 Å². The first-order valence-electron chi connectivity index (χ1n) is 8.79. The lowest BCUT2D eigenvalue weighted by Gasteiger charge is -2.32. The summed E-state index contributed by atoms with van der Waals surface area (Å²) in [5.74, 6) is -0.910. The predicted molar refractivity (Wildman–Crippen MR) is 110 cm³/mol. The fourth-order valence-corrected chi connectivity index (χ4v) is 7.32. The minimum absolute atomic E-state index is 0.0870. The SMILES string of the molecule is Cc1cc(C)c(S(=O)(=O)N(c2ccc(N)cc2)[C@@H]2CS(=O)(=O)C[C@@H]2O)cc1C. The number of sulfonamides is 1. The van der Waals surface area contributed by atoms with Gasteiger partial charge in [0.1, 0.15) is 0 Å². The summed E-state index contributed by atoms with van der Waals surface area (Å²) in [6.45, 7) is 5.41. The maximum absolute atomic E-state index is 13.6. The molecule has 9 heteroatoms. The van der Waals surface area contributed by atoms with E-state index < -0.39 is 43.5 Å². The fraction of sp³-hybridized carbons (Fsp3) is 0.368. The van der Waals surface area contributed by atoms with E-state index in [-0.39, 0.29) is 10.6 Å². The number of hydrogen-bond acceptors (Lipinski definition) is 6. The molecular formula is C19H24N2O5S2. The summed E-state index contributed by atoms with van der Waals surface area (Å²) in [6.07, 6.45) is -1.32. The molecule has 152 valence electrons. The lowest BCUT2D eigenvalue weighted by Crippen LogP contribution is -2.47. The average Bonchev–Trinajstić information content (AvgIpc) is 2.85. The van der Waals surface area contributed by atoms with E-state index in [4.69, 9.17) is 5.73 Å². The topological polar surface area (TPSA) is 118 Å². The third-order valence-electron chi connectivity index (χ3n) is 5.07. The monoisotopic (exact) mass is 424 g/mol. The van der Waals surface area contributed by atoms with Gasteiger partial charge in [0.05, 0.1) is 34.2 Å². The molecule has 7 nitrogen and oxygen atoms in total. The molecule has 3 N–H and O–H groups in total. The Morgan fingerprint density at radius 1 is 1.00 bits per heavy atom. The van der Waals surface area contributed by atoms with E-state index in [0.29, 0.717) is 11.3 Å². The molecule has 1 aliphatic heterocycles. The van der Waals surface area contributed by atoms with Crippen LogP contribution in [0.1, 0.15) is 16.7 Å². The number of aliphatic hydroxyl groups is 1. The zero-order valence-electron chi connectivity index (χ0n) is 16.0. The van der Waals surface area contributed by atoms with E-state index in [2.05, 4.69) is 0 Å². The van der Waals surface area contributed by atoms with Crippen LogP contribution in [0.4, 0.5) is 11.4 Å². The van der Waals surface area contributed by atoms with Crippen molar-refractivity contribution in [3.8, 4) is 0 Å². The molecule has 0 amide bonds. The molecule has 1 fully saturated rings.